The van der Waals surface area contributed by atoms with Crippen molar-refractivity contribution in [2.24, 2.45) is 0 Å². The minimum Gasteiger partial charge on any atom is -0.385 e. The van der Waals surface area contributed by atoms with Crippen LogP contribution in [0.3, 0.4) is 0 Å². The molecule has 0 aliphatic heterocycles. The second-order valence-corrected chi connectivity index (χ2v) is 7.81. The first-order chi connectivity index (χ1) is 12.3. The highest BCUT2D eigenvalue weighted by molar-refractivity contribution is 7.89. The normalized spacial score (nSPS) is 11.3. The molecule has 0 saturated heterocycles. The minimum absolute atomic E-state index is 0.0585. The second kappa shape index (κ2) is 8.93. The summed E-state index contributed by atoms with van der Waals surface area (Å²) in [6.45, 7) is 4.63. The molecule has 0 atom stereocenters. The molecule has 2 aromatic rings. The Morgan fingerprint density at radius 1 is 1.12 bits per heavy atom. The van der Waals surface area contributed by atoms with Gasteiger partial charge in [-0.2, -0.15) is 0 Å². The summed E-state index contributed by atoms with van der Waals surface area (Å²) in [5.74, 6) is -0.353. The number of benzene rings is 2. The number of rotatable bonds is 8. The van der Waals surface area contributed by atoms with E-state index < -0.39 is 10.0 Å². The fraction of sp³-hybridized carbons (Fsp3) is 0.316. The lowest BCUT2D eigenvalue weighted by Gasteiger charge is -2.11. The molecular weight excluding hydrogens is 352 g/mol. The summed E-state index contributed by atoms with van der Waals surface area (Å²) in [5, 5.41) is 2.82. The Morgan fingerprint density at radius 3 is 2.58 bits per heavy atom. The standard InChI is InChI=1S/C19H24N2O4S/c1-14-8-9-18(15(2)12-14)21-19(22)16-6-4-7-17(13-16)26(23,24)20-10-5-11-25-3/h4,6-9,12-13,20H,5,10-11H2,1-3H3,(H,21,22). The maximum absolute atomic E-state index is 12.5. The molecule has 0 aromatic heterocycles. The van der Waals surface area contributed by atoms with Gasteiger partial charge in [0.2, 0.25) is 10.0 Å². The van der Waals surface area contributed by atoms with E-state index in [4.69, 9.17) is 4.74 Å². The van der Waals surface area contributed by atoms with Crippen LogP contribution in [-0.4, -0.2) is 34.6 Å². The van der Waals surface area contributed by atoms with Crippen molar-refractivity contribution < 1.29 is 17.9 Å². The van der Waals surface area contributed by atoms with Crippen molar-refractivity contribution in [1.29, 1.82) is 0 Å². The average Bonchev–Trinajstić information content (AvgIpc) is 2.61. The van der Waals surface area contributed by atoms with Crippen molar-refractivity contribution in [3.05, 3.63) is 59.2 Å². The van der Waals surface area contributed by atoms with Gasteiger partial charge < -0.3 is 10.1 Å². The van der Waals surface area contributed by atoms with Gasteiger partial charge in [0.15, 0.2) is 0 Å². The smallest absolute Gasteiger partial charge is 0.255 e. The number of amides is 1. The van der Waals surface area contributed by atoms with Gasteiger partial charge in [-0.3, -0.25) is 4.79 Å². The Labute approximate surface area is 154 Å². The van der Waals surface area contributed by atoms with Crippen LogP contribution in [-0.2, 0) is 14.8 Å². The monoisotopic (exact) mass is 376 g/mol. The fourth-order valence-corrected chi connectivity index (χ4v) is 3.58. The van der Waals surface area contributed by atoms with E-state index in [0.717, 1.165) is 11.1 Å². The van der Waals surface area contributed by atoms with Gasteiger partial charge in [-0.05, 0) is 50.1 Å². The molecule has 7 heteroatoms. The minimum atomic E-state index is -3.67. The lowest BCUT2D eigenvalue weighted by Crippen LogP contribution is -2.26. The second-order valence-electron chi connectivity index (χ2n) is 6.04. The molecule has 26 heavy (non-hydrogen) atoms. The summed E-state index contributed by atoms with van der Waals surface area (Å²) >= 11 is 0. The molecule has 2 rings (SSSR count). The van der Waals surface area contributed by atoms with Crippen LogP contribution < -0.4 is 10.0 Å². The zero-order valence-electron chi connectivity index (χ0n) is 15.2. The molecule has 0 aliphatic rings. The van der Waals surface area contributed by atoms with Crippen LogP contribution in [0.4, 0.5) is 5.69 Å². The molecular formula is C19H24N2O4S. The Balaban J connectivity index is 2.13. The third-order valence-electron chi connectivity index (χ3n) is 3.85. The van der Waals surface area contributed by atoms with Crippen LogP contribution in [0.2, 0.25) is 0 Å². The quantitative estimate of drug-likeness (QED) is 0.694. The van der Waals surface area contributed by atoms with Crippen molar-refractivity contribution in [3.8, 4) is 0 Å². The van der Waals surface area contributed by atoms with E-state index in [1.165, 1.54) is 12.1 Å². The highest BCUT2D eigenvalue weighted by atomic mass is 32.2. The Bertz CT molecular complexity index is 879. The van der Waals surface area contributed by atoms with E-state index in [2.05, 4.69) is 10.0 Å². The van der Waals surface area contributed by atoms with Crippen LogP contribution in [0.5, 0.6) is 0 Å². The van der Waals surface area contributed by atoms with E-state index >= 15 is 0 Å². The molecule has 0 bridgehead atoms. The zero-order chi connectivity index (χ0) is 19.2. The van der Waals surface area contributed by atoms with Crippen molar-refractivity contribution in [3.63, 3.8) is 0 Å². The molecule has 2 aromatic carbocycles. The Kier molecular flexibility index (Phi) is 6.90. The molecule has 0 spiro atoms. The van der Waals surface area contributed by atoms with Gasteiger partial charge in [0.25, 0.3) is 5.91 Å². The van der Waals surface area contributed by atoms with E-state index in [1.807, 2.05) is 32.0 Å². The van der Waals surface area contributed by atoms with E-state index in [0.29, 0.717) is 18.7 Å². The van der Waals surface area contributed by atoms with Gasteiger partial charge in [-0.15, -0.1) is 0 Å². The highest BCUT2D eigenvalue weighted by Gasteiger charge is 2.16. The SMILES string of the molecule is COCCCNS(=O)(=O)c1cccc(C(=O)Nc2ccc(C)cc2C)c1. The number of sulfonamides is 1. The molecule has 0 aliphatic carbocycles. The summed E-state index contributed by atoms with van der Waals surface area (Å²) in [6, 6.07) is 11.7. The van der Waals surface area contributed by atoms with E-state index in [9.17, 15) is 13.2 Å². The van der Waals surface area contributed by atoms with Crippen molar-refractivity contribution in [1.82, 2.24) is 4.72 Å². The van der Waals surface area contributed by atoms with Crippen LogP contribution in [0.15, 0.2) is 47.4 Å². The Morgan fingerprint density at radius 2 is 1.88 bits per heavy atom. The summed E-state index contributed by atoms with van der Waals surface area (Å²) in [6.07, 6.45) is 0.572. The number of ether oxygens (including phenoxy) is 1. The van der Waals surface area contributed by atoms with Crippen LogP contribution in [0, 0.1) is 13.8 Å². The molecule has 0 saturated carbocycles. The predicted molar refractivity (Wildman–Crippen MR) is 102 cm³/mol. The zero-order valence-corrected chi connectivity index (χ0v) is 16.0. The first-order valence-electron chi connectivity index (χ1n) is 8.31. The van der Waals surface area contributed by atoms with Crippen LogP contribution in [0.25, 0.3) is 0 Å². The summed E-state index contributed by atoms with van der Waals surface area (Å²) < 4.78 is 32.1. The van der Waals surface area contributed by atoms with Gasteiger partial charge in [-0.25, -0.2) is 13.1 Å². The number of hydrogen-bond donors (Lipinski definition) is 2. The van der Waals surface area contributed by atoms with Gasteiger partial charge in [0.05, 0.1) is 4.90 Å². The van der Waals surface area contributed by atoms with Gasteiger partial charge in [0, 0.05) is 31.5 Å². The summed E-state index contributed by atoms with van der Waals surface area (Å²) in [5.41, 5.74) is 3.03. The lowest BCUT2D eigenvalue weighted by atomic mass is 10.1. The highest BCUT2D eigenvalue weighted by Crippen LogP contribution is 2.18. The number of aryl methyl sites for hydroxylation is 2. The summed E-state index contributed by atoms with van der Waals surface area (Å²) in [7, 11) is -2.11. The average molecular weight is 376 g/mol. The first-order valence-corrected chi connectivity index (χ1v) is 9.79. The van der Waals surface area contributed by atoms with Gasteiger partial charge in [-0.1, -0.05) is 23.8 Å². The van der Waals surface area contributed by atoms with Gasteiger partial charge >= 0.3 is 0 Å². The third kappa shape index (κ3) is 5.39. The fourth-order valence-electron chi connectivity index (χ4n) is 2.46. The largest absolute Gasteiger partial charge is 0.385 e. The number of anilines is 1. The number of carbonyl (C=O) groups is 1. The van der Waals surface area contributed by atoms with Crippen LogP contribution >= 0.6 is 0 Å². The number of methoxy groups -OCH3 is 1. The topological polar surface area (TPSA) is 84.5 Å². The van der Waals surface area contributed by atoms with Crippen molar-refractivity contribution >= 4 is 21.6 Å². The molecule has 0 unspecified atom stereocenters. The lowest BCUT2D eigenvalue weighted by molar-refractivity contribution is 0.102. The van der Waals surface area contributed by atoms with Crippen LogP contribution in [0.1, 0.15) is 27.9 Å². The number of hydrogen-bond acceptors (Lipinski definition) is 4. The van der Waals surface area contributed by atoms with Crippen molar-refractivity contribution in [2.75, 3.05) is 25.6 Å². The molecule has 140 valence electrons. The van der Waals surface area contributed by atoms with Crippen molar-refractivity contribution in [2.45, 2.75) is 25.2 Å². The first kappa shape index (κ1) is 20.1. The number of carbonyl (C=O) groups excluding carboxylic acids is 1. The van der Waals surface area contributed by atoms with Gasteiger partial charge in [0.1, 0.15) is 0 Å². The molecule has 1 amide bonds. The molecule has 0 heterocycles. The molecule has 6 nitrogen and oxygen atoms in total. The Hall–Kier alpha value is -2.22. The van der Waals surface area contributed by atoms with E-state index in [1.54, 1.807) is 19.2 Å². The summed E-state index contributed by atoms with van der Waals surface area (Å²) in [4.78, 5) is 12.5. The molecule has 0 fully saturated rings. The maximum atomic E-state index is 12.5. The van der Waals surface area contributed by atoms with E-state index in [-0.39, 0.29) is 22.9 Å². The third-order valence-corrected chi connectivity index (χ3v) is 5.31. The maximum Gasteiger partial charge on any atom is 0.255 e. The number of nitrogens with one attached hydrogen (secondary N) is 2. The molecule has 0 radical (unpaired) electrons. The molecule has 2 N–H and O–H groups in total. The predicted octanol–water partition coefficient (Wildman–Crippen LogP) is 2.87.